The average molecular weight is 448 g/mol. The fourth-order valence-electron chi connectivity index (χ4n) is 3.42. The molecular weight excluding hydrogens is 430 g/mol. The molecule has 5 aromatic rings. The highest BCUT2D eigenvalue weighted by Crippen LogP contribution is 2.25. The molecule has 0 amide bonds. The normalized spacial score (nSPS) is 11.3. The van der Waals surface area contributed by atoms with Crippen molar-refractivity contribution in [2.75, 3.05) is 0 Å². The number of ether oxygens (including phenoxy) is 1. The number of esters is 1. The molecule has 0 aliphatic rings. The summed E-state index contributed by atoms with van der Waals surface area (Å²) in [5.74, 6) is -0.443. The van der Waals surface area contributed by atoms with E-state index in [-0.39, 0.29) is 12.2 Å². The smallest absolute Gasteiger partial charge is 0.338 e. The molecule has 6 nitrogen and oxygen atoms in total. The van der Waals surface area contributed by atoms with Crippen molar-refractivity contribution >= 4 is 43.8 Å². The van der Waals surface area contributed by atoms with Crippen molar-refractivity contribution < 1.29 is 9.53 Å². The Labute approximate surface area is 185 Å². The second kappa shape index (κ2) is 8.05. The van der Waals surface area contributed by atoms with Crippen molar-refractivity contribution in [3.05, 3.63) is 97.9 Å². The average Bonchev–Trinajstić information content (AvgIpc) is 3.35. The Bertz CT molecular complexity index is 1450. The molecule has 0 saturated carbocycles. The third kappa shape index (κ3) is 3.87. The minimum absolute atomic E-state index is 0.0585. The van der Waals surface area contributed by atoms with Gasteiger partial charge < -0.3 is 4.74 Å². The van der Waals surface area contributed by atoms with Crippen LogP contribution in [0.25, 0.3) is 15.2 Å². The third-order valence-corrected chi connectivity index (χ3v) is 6.88. The summed E-state index contributed by atoms with van der Waals surface area (Å²) in [5, 5.41) is 2.81. The Balaban J connectivity index is 1.36. The number of carbonyl (C=O) groups excluding carboxylic acids is 1. The fourth-order valence-corrected chi connectivity index (χ4v) is 5.31. The van der Waals surface area contributed by atoms with Gasteiger partial charge in [0.15, 0.2) is 4.96 Å². The van der Waals surface area contributed by atoms with E-state index in [1.54, 1.807) is 21.8 Å². The number of carbonyl (C=O) groups is 1. The number of hydrogen-bond donors (Lipinski definition) is 0. The van der Waals surface area contributed by atoms with E-state index in [0.29, 0.717) is 22.6 Å². The van der Waals surface area contributed by atoms with Gasteiger partial charge in [0.2, 0.25) is 0 Å². The third-order valence-electron chi connectivity index (χ3n) is 4.90. The van der Waals surface area contributed by atoms with Crippen molar-refractivity contribution in [2.45, 2.75) is 20.0 Å². The lowest BCUT2D eigenvalue weighted by Crippen LogP contribution is -2.16. The van der Waals surface area contributed by atoms with E-state index in [1.165, 1.54) is 17.4 Å². The van der Waals surface area contributed by atoms with Gasteiger partial charge in [-0.1, -0.05) is 30.3 Å². The molecule has 0 radical (unpaired) electrons. The quantitative estimate of drug-likeness (QED) is 0.368. The van der Waals surface area contributed by atoms with Gasteiger partial charge in [-0.2, -0.15) is 0 Å². The lowest BCUT2D eigenvalue weighted by Gasteiger charge is -2.09. The maximum absolute atomic E-state index is 12.8. The van der Waals surface area contributed by atoms with Crippen molar-refractivity contribution in [1.82, 2.24) is 14.4 Å². The van der Waals surface area contributed by atoms with Gasteiger partial charge in [0.1, 0.15) is 6.61 Å². The van der Waals surface area contributed by atoms with Gasteiger partial charge in [0.25, 0.3) is 5.56 Å². The van der Waals surface area contributed by atoms with Crippen molar-refractivity contribution in [2.24, 2.45) is 0 Å². The molecule has 0 bridgehead atoms. The summed E-state index contributed by atoms with van der Waals surface area (Å²) < 4.78 is 8.16. The molecule has 0 N–H and O–H groups in total. The summed E-state index contributed by atoms with van der Waals surface area (Å²) in [7, 11) is 0. The highest BCUT2D eigenvalue weighted by atomic mass is 32.1. The Morgan fingerprint density at radius 3 is 2.77 bits per heavy atom. The molecule has 0 spiro atoms. The Morgan fingerprint density at radius 1 is 1.10 bits per heavy atom. The summed E-state index contributed by atoms with van der Waals surface area (Å²) in [6, 6.07) is 16.8. The van der Waals surface area contributed by atoms with Crippen LogP contribution in [0.1, 0.15) is 32.3 Å². The van der Waals surface area contributed by atoms with Gasteiger partial charge in [0.05, 0.1) is 26.5 Å². The number of hydrogen-bond acceptors (Lipinski definition) is 7. The molecule has 0 aliphatic heterocycles. The first-order chi connectivity index (χ1) is 15.1. The molecule has 0 atom stereocenters. The number of thiazole rings is 2. The molecule has 0 aliphatic carbocycles. The van der Waals surface area contributed by atoms with Gasteiger partial charge in [-0.25, -0.2) is 14.8 Å². The maximum Gasteiger partial charge on any atom is 0.338 e. The first-order valence-electron chi connectivity index (χ1n) is 9.65. The number of rotatable bonds is 5. The van der Waals surface area contributed by atoms with Crippen molar-refractivity contribution in [1.29, 1.82) is 0 Å². The molecule has 2 aromatic carbocycles. The number of aromatic nitrogens is 3. The monoisotopic (exact) mass is 447 g/mol. The number of fused-ring (bicyclic) bond motifs is 2. The Hall–Kier alpha value is -3.36. The summed E-state index contributed by atoms with van der Waals surface area (Å²) in [6.07, 6.45) is 0.546. The van der Waals surface area contributed by atoms with Crippen molar-refractivity contribution in [3.63, 3.8) is 0 Å². The summed E-state index contributed by atoms with van der Waals surface area (Å²) >= 11 is 3.00. The lowest BCUT2D eigenvalue weighted by atomic mass is 10.1. The first kappa shape index (κ1) is 19.6. The van der Waals surface area contributed by atoms with E-state index < -0.39 is 5.97 Å². The molecule has 0 unspecified atom stereocenters. The van der Waals surface area contributed by atoms with Crippen LogP contribution < -0.4 is 5.56 Å². The van der Waals surface area contributed by atoms with E-state index in [0.717, 1.165) is 26.5 Å². The van der Waals surface area contributed by atoms with Crippen LogP contribution in [0, 0.1) is 6.92 Å². The summed E-state index contributed by atoms with van der Waals surface area (Å²) in [5.41, 5.74) is 3.40. The van der Waals surface area contributed by atoms with Crippen LogP contribution in [0.3, 0.4) is 0 Å². The molecule has 31 heavy (non-hydrogen) atoms. The molecule has 3 heterocycles. The minimum Gasteiger partial charge on any atom is -0.456 e. The zero-order valence-electron chi connectivity index (χ0n) is 16.6. The van der Waals surface area contributed by atoms with Gasteiger partial charge in [-0.05, 0) is 30.7 Å². The largest absolute Gasteiger partial charge is 0.456 e. The van der Waals surface area contributed by atoms with Gasteiger partial charge in [-0.3, -0.25) is 9.20 Å². The van der Waals surface area contributed by atoms with Gasteiger partial charge in [-0.15, -0.1) is 22.7 Å². The Morgan fingerprint density at radius 2 is 1.90 bits per heavy atom. The fraction of sp³-hybridized carbons (Fsp3) is 0.130. The minimum atomic E-state index is -0.443. The van der Waals surface area contributed by atoms with E-state index in [2.05, 4.69) is 9.97 Å². The zero-order chi connectivity index (χ0) is 21.4. The van der Waals surface area contributed by atoms with Crippen LogP contribution in [0.5, 0.6) is 0 Å². The molecule has 3 aromatic heterocycles. The molecule has 8 heteroatoms. The number of para-hydroxylation sites is 1. The maximum atomic E-state index is 12.8. The SMILES string of the molecule is Cc1csc2nc(COC(=O)c3ccccc3Cc3nc4ccccc4s3)cc(=O)n12. The van der Waals surface area contributed by atoms with Crippen LogP contribution in [-0.4, -0.2) is 20.3 Å². The standard InChI is InChI=1S/C23H17N3O3S2/c1-14-13-30-23-24-16(11-21(27)26(14)23)12-29-22(28)17-7-3-2-6-15(17)10-20-25-18-8-4-5-9-19(18)31-20/h2-9,11,13H,10,12H2,1H3. The zero-order valence-corrected chi connectivity index (χ0v) is 18.2. The van der Waals surface area contributed by atoms with Gasteiger partial charge in [0, 0.05) is 23.6 Å². The molecule has 0 saturated heterocycles. The van der Waals surface area contributed by atoms with Crippen LogP contribution in [-0.2, 0) is 17.8 Å². The van der Waals surface area contributed by atoms with Gasteiger partial charge >= 0.3 is 5.97 Å². The summed E-state index contributed by atoms with van der Waals surface area (Å²) in [6.45, 7) is 1.80. The lowest BCUT2D eigenvalue weighted by molar-refractivity contribution is 0.0466. The second-order valence-electron chi connectivity index (χ2n) is 7.07. The van der Waals surface area contributed by atoms with Crippen LogP contribution in [0.4, 0.5) is 0 Å². The van der Waals surface area contributed by atoms with E-state index in [9.17, 15) is 9.59 Å². The van der Waals surface area contributed by atoms with Crippen LogP contribution in [0.2, 0.25) is 0 Å². The first-order valence-corrected chi connectivity index (χ1v) is 11.3. The van der Waals surface area contributed by atoms with Crippen LogP contribution in [0.15, 0.2) is 64.8 Å². The predicted molar refractivity (Wildman–Crippen MR) is 122 cm³/mol. The highest BCUT2D eigenvalue weighted by molar-refractivity contribution is 7.18. The number of benzene rings is 2. The van der Waals surface area contributed by atoms with Crippen molar-refractivity contribution in [3.8, 4) is 0 Å². The van der Waals surface area contributed by atoms with E-state index in [4.69, 9.17) is 4.74 Å². The topological polar surface area (TPSA) is 73.6 Å². The molecule has 0 fully saturated rings. The Kier molecular flexibility index (Phi) is 5.09. The van der Waals surface area contributed by atoms with Crippen LogP contribution >= 0.6 is 22.7 Å². The molecule has 154 valence electrons. The second-order valence-corrected chi connectivity index (χ2v) is 9.02. The van der Waals surface area contributed by atoms with E-state index in [1.807, 2.05) is 54.8 Å². The highest BCUT2D eigenvalue weighted by Gasteiger charge is 2.16. The number of aryl methyl sites for hydroxylation is 1. The molecular formula is C23H17N3O3S2. The predicted octanol–water partition coefficient (Wildman–Crippen LogP) is 4.62. The molecule has 5 rings (SSSR count). The van der Waals surface area contributed by atoms with E-state index >= 15 is 0 Å². The summed E-state index contributed by atoms with van der Waals surface area (Å²) in [4.78, 5) is 34.8. The number of nitrogens with zero attached hydrogens (tertiary/aromatic N) is 3.